The summed E-state index contributed by atoms with van der Waals surface area (Å²) in [7, 11) is 0. The van der Waals surface area contributed by atoms with Gasteiger partial charge in [-0.3, -0.25) is 14.5 Å². The molecule has 1 fully saturated rings. The van der Waals surface area contributed by atoms with Gasteiger partial charge < -0.3 is 9.88 Å². The Kier molecular flexibility index (Phi) is 4.95. The van der Waals surface area contributed by atoms with Crippen LogP contribution in [0.25, 0.3) is 0 Å². The Morgan fingerprint density at radius 2 is 2.00 bits per heavy atom. The lowest BCUT2D eigenvalue weighted by Crippen LogP contribution is -2.49. The molecule has 0 spiro atoms. The maximum atomic E-state index is 12.3. The molecule has 1 aromatic rings. The van der Waals surface area contributed by atoms with Crippen LogP contribution in [0, 0.1) is 5.92 Å². The lowest BCUT2D eigenvalue weighted by Gasteiger charge is -2.35. The normalized spacial score (nSPS) is 16.6. The molecule has 2 heterocycles. The quantitative estimate of drug-likeness (QED) is 0.899. The van der Waals surface area contributed by atoms with Crippen molar-refractivity contribution < 1.29 is 4.79 Å². The van der Waals surface area contributed by atoms with E-state index < -0.39 is 0 Å². The van der Waals surface area contributed by atoms with Crippen molar-refractivity contribution in [3.05, 3.63) is 34.2 Å². The smallest absolute Gasteiger partial charge is 0.254 e. The van der Waals surface area contributed by atoms with Crippen LogP contribution in [-0.2, 0) is 0 Å². The number of aromatic nitrogens is 1. The number of H-pyrrole nitrogens is 1. The molecule has 5 nitrogen and oxygen atoms in total. The number of nitrogens with zero attached hydrogens (tertiary/aromatic N) is 2. The second kappa shape index (κ2) is 6.70. The predicted octanol–water partition coefficient (Wildman–Crippen LogP) is 1.18. The molecule has 1 saturated heterocycles. The molecule has 0 radical (unpaired) electrons. The highest BCUT2D eigenvalue weighted by molar-refractivity contribution is 5.94. The predicted molar refractivity (Wildman–Crippen MR) is 78.9 cm³/mol. The van der Waals surface area contributed by atoms with Crippen molar-refractivity contribution in [2.24, 2.45) is 5.92 Å². The summed E-state index contributed by atoms with van der Waals surface area (Å²) in [6, 6.07) is 3.03. The molecule has 5 heteroatoms. The molecule has 20 heavy (non-hydrogen) atoms. The third kappa shape index (κ3) is 3.93. The van der Waals surface area contributed by atoms with Crippen molar-refractivity contribution in [1.29, 1.82) is 0 Å². The van der Waals surface area contributed by atoms with Crippen molar-refractivity contribution >= 4 is 5.91 Å². The van der Waals surface area contributed by atoms with E-state index in [0.717, 1.165) is 32.7 Å². The largest absolute Gasteiger partial charge is 0.336 e. The first kappa shape index (κ1) is 14.8. The summed E-state index contributed by atoms with van der Waals surface area (Å²) in [6.45, 7) is 8.88. The Bertz CT molecular complexity index is 502. The lowest BCUT2D eigenvalue weighted by atomic mass is 10.1. The average molecular weight is 277 g/mol. The highest BCUT2D eigenvalue weighted by atomic mass is 16.2. The van der Waals surface area contributed by atoms with E-state index in [9.17, 15) is 9.59 Å². The van der Waals surface area contributed by atoms with E-state index in [4.69, 9.17) is 0 Å². The molecule has 0 unspecified atom stereocenters. The second-order valence-corrected chi connectivity index (χ2v) is 5.76. The molecular weight excluding hydrogens is 254 g/mol. The Morgan fingerprint density at radius 3 is 2.60 bits per heavy atom. The van der Waals surface area contributed by atoms with Gasteiger partial charge in [0.05, 0.1) is 0 Å². The summed E-state index contributed by atoms with van der Waals surface area (Å²) in [5.41, 5.74) is 0.246. The van der Waals surface area contributed by atoms with Gasteiger partial charge in [-0.1, -0.05) is 13.8 Å². The summed E-state index contributed by atoms with van der Waals surface area (Å²) < 4.78 is 0. The van der Waals surface area contributed by atoms with Crippen molar-refractivity contribution in [2.45, 2.75) is 20.3 Å². The fourth-order valence-corrected chi connectivity index (χ4v) is 2.38. The first-order valence-electron chi connectivity index (χ1n) is 7.26. The van der Waals surface area contributed by atoms with E-state index in [2.05, 4.69) is 23.7 Å². The third-order valence-corrected chi connectivity index (χ3v) is 3.70. The van der Waals surface area contributed by atoms with Gasteiger partial charge in [-0.2, -0.15) is 0 Å². The van der Waals surface area contributed by atoms with Gasteiger partial charge in [0.15, 0.2) is 0 Å². The van der Waals surface area contributed by atoms with Gasteiger partial charge in [0.1, 0.15) is 0 Å². The minimum atomic E-state index is -0.230. The molecule has 1 amide bonds. The van der Waals surface area contributed by atoms with Crippen molar-refractivity contribution in [3.63, 3.8) is 0 Å². The highest BCUT2D eigenvalue weighted by Crippen LogP contribution is 2.09. The van der Waals surface area contributed by atoms with Crippen molar-refractivity contribution in [1.82, 2.24) is 14.8 Å². The number of carbonyl (C=O) groups is 1. The number of nitrogens with one attached hydrogen (secondary N) is 1. The highest BCUT2D eigenvalue weighted by Gasteiger charge is 2.22. The van der Waals surface area contributed by atoms with Crippen LogP contribution >= 0.6 is 0 Å². The summed E-state index contributed by atoms with van der Waals surface area (Å²) in [4.78, 5) is 30.3. The van der Waals surface area contributed by atoms with Gasteiger partial charge in [-0.05, 0) is 24.9 Å². The standard InChI is InChI=1S/C15H23N3O2/c1-12(2)4-6-17-7-9-18(10-8-17)15(20)13-3-5-16-14(19)11-13/h3,5,11-12H,4,6-10H2,1-2H3,(H,16,19). The maximum Gasteiger partial charge on any atom is 0.254 e. The molecule has 0 bridgehead atoms. The second-order valence-electron chi connectivity index (χ2n) is 5.76. The van der Waals surface area contributed by atoms with E-state index in [1.807, 2.05) is 4.90 Å². The van der Waals surface area contributed by atoms with E-state index in [-0.39, 0.29) is 11.5 Å². The van der Waals surface area contributed by atoms with Gasteiger partial charge in [-0.15, -0.1) is 0 Å². The maximum absolute atomic E-state index is 12.3. The van der Waals surface area contributed by atoms with Gasteiger partial charge in [-0.25, -0.2) is 0 Å². The Balaban J connectivity index is 1.87. The minimum Gasteiger partial charge on any atom is -0.336 e. The SMILES string of the molecule is CC(C)CCN1CCN(C(=O)c2cc[nH]c(=O)c2)CC1. The molecule has 0 atom stereocenters. The number of amides is 1. The van der Waals surface area contributed by atoms with Gasteiger partial charge >= 0.3 is 0 Å². The molecule has 0 saturated carbocycles. The average Bonchev–Trinajstić information content (AvgIpc) is 2.45. The van der Waals surface area contributed by atoms with Crippen LogP contribution in [0.5, 0.6) is 0 Å². The van der Waals surface area contributed by atoms with Crippen LogP contribution in [0.4, 0.5) is 0 Å². The zero-order valence-corrected chi connectivity index (χ0v) is 12.3. The number of carbonyl (C=O) groups excluding carboxylic acids is 1. The summed E-state index contributed by atoms with van der Waals surface area (Å²) in [6.07, 6.45) is 2.72. The first-order valence-corrected chi connectivity index (χ1v) is 7.26. The van der Waals surface area contributed by atoms with Crippen LogP contribution in [0.15, 0.2) is 23.1 Å². The zero-order valence-electron chi connectivity index (χ0n) is 12.3. The molecule has 1 N–H and O–H groups in total. The van der Waals surface area contributed by atoms with Crippen molar-refractivity contribution in [3.8, 4) is 0 Å². The molecule has 0 aliphatic carbocycles. The fourth-order valence-electron chi connectivity index (χ4n) is 2.38. The summed E-state index contributed by atoms with van der Waals surface area (Å²) in [5, 5.41) is 0. The number of rotatable bonds is 4. The molecule has 110 valence electrons. The number of aromatic amines is 1. The Morgan fingerprint density at radius 1 is 1.30 bits per heavy atom. The van der Waals surface area contributed by atoms with Crippen LogP contribution < -0.4 is 5.56 Å². The summed E-state index contributed by atoms with van der Waals surface area (Å²) in [5.74, 6) is 0.672. The molecule has 1 aromatic heterocycles. The first-order chi connectivity index (χ1) is 9.56. The lowest BCUT2D eigenvalue weighted by molar-refractivity contribution is 0.0631. The molecule has 2 rings (SSSR count). The Labute approximate surface area is 119 Å². The van der Waals surface area contributed by atoms with Crippen molar-refractivity contribution in [2.75, 3.05) is 32.7 Å². The van der Waals surface area contributed by atoms with E-state index >= 15 is 0 Å². The molecule has 1 aliphatic rings. The molecule has 1 aliphatic heterocycles. The van der Waals surface area contributed by atoms with Gasteiger partial charge in [0.25, 0.3) is 5.91 Å². The minimum absolute atomic E-state index is 0.0420. The van der Waals surface area contributed by atoms with Crippen LogP contribution in [-0.4, -0.2) is 53.4 Å². The topological polar surface area (TPSA) is 56.4 Å². The van der Waals surface area contributed by atoms with E-state index in [1.54, 1.807) is 6.07 Å². The van der Waals surface area contributed by atoms with E-state index in [0.29, 0.717) is 11.5 Å². The molecular formula is C15H23N3O2. The van der Waals surface area contributed by atoms with E-state index in [1.165, 1.54) is 18.7 Å². The number of piperazine rings is 1. The van der Waals surface area contributed by atoms with Crippen LogP contribution in [0.2, 0.25) is 0 Å². The third-order valence-electron chi connectivity index (χ3n) is 3.70. The number of hydrogen-bond donors (Lipinski definition) is 1. The molecule has 0 aromatic carbocycles. The number of pyridine rings is 1. The van der Waals surface area contributed by atoms with Crippen LogP contribution in [0.3, 0.4) is 0 Å². The number of hydrogen-bond acceptors (Lipinski definition) is 3. The van der Waals surface area contributed by atoms with Crippen LogP contribution in [0.1, 0.15) is 30.6 Å². The summed E-state index contributed by atoms with van der Waals surface area (Å²) >= 11 is 0. The Hall–Kier alpha value is -1.62. The van der Waals surface area contributed by atoms with Gasteiger partial charge in [0, 0.05) is 44.0 Å². The van der Waals surface area contributed by atoms with Gasteiger partial charge in [0.2, 0.25) is 5.56 Å². The monoisotopic (exact) mass is 277 g/mol. The fraction of sp³-hybridized carbons (Fsp3) is 0.600. The zero-order chi connectivity index (χ0) is 14.5.